The molecule has 0 aromatic heterocycles. The molecule has 0 atom stereocenters. The second-order valence-corrected chi connectivity index (χ2v) is 11.0. The van der Waals surface area contributed by atoms with Crippen molar-refractivity contribution in [3.05, 3.63) is 28.8 Å². The summed E-state index contributed by atoms with van der Waals surface area (Å²) in [5.41, 5.74) is 1.76. The van der Waals surface area contributed by atoms with Gasteiger partial charge in [-0.1, -0.05) is 80.4 Å². The maximum atomic E-state index is 13.6. The van der Waals surface area contributed by atoms with Gasteiger partial charge in [0.15, 0.2) is 0 Å². The van der Waals surface area contributed by atoms with E-state index >= 15 is 0 Å². The molecule has 0 radical (unpaired) electrons. The van der Waals surface area contributed by atoms with E-state index in [2.05, 4.69) is 67.5 Å². The predicted molar refractivity (Wildman–Crippen MR) is 125 cm³/mol. The van der Waals surface area contributed by atoms with Crippen molar-refractivity contribution in [1.82, 2.24) is 4.90 Å². The van der Waals surface area contributed by atoms with Gasteiger partial charge in [-0.3, -0.25) is 4.79 Å². The fourth-order valence-corrected chi connectivity index (χ4v) is 3.67. The van der Waals surface area contributed by atoms with E-state index in [1.54, 1.807) is 0 Å². The monoisotopic (exact) mass is 403 g/mol. The first kappa shape index (κ1) is 25.5. The van der Waals surface area contributed by atoms with Gasteiger partial charge in [0.05, 0.1) is 5.41 Å². The molecular formula is C26H45NO2. The summed E-state index contributed by atoms with van der Waals surface area (Å²) in [4.78, 5) is 15.7. The zero-order valence-electron chi connectivity index (χ0n) is 20.7. The lowest BCUT2D eigenvalue weighted by Crippen LogP contribution is -2.44. The number of phenols is 1. The van der Waals surface area contributed by atoms with Crippen LogP contribution in [-0.4, -0.2) is 29.0 Å². The van der Waals surface area contributed by atoms with Crippen LogP contribution in [0.5, 0.6) is 5.75 Å². The van der Waals surface area contributed by atoms with E-state index in [0.717, 1.165) is 55.5 Å². The molecule has 166 valence electrons. The van der Waals surface area contributed by atoms with Crippen molar-refractivity contribution in [2.24, 2.45) is 0 Å². The third-order valence-electron chi connectivity index (χ3n) is 5.83. The molecule has 1 N–H and O–H groups in total. The Hall–Kier alpha value is -1.51. The lowest BCUT2D eigenvalue weighted by atomic mass is 9.73. The first-order chi connectivity index (χ1) is 13.2. The average molecular weight is 404 g/mol. The molecule has 3 heteroatoms. The Morgan fingerprint density at radius 3 is 1.52 bits per heavy atom. The number of phenolic OH excluding ortho intramolecular Hbond substituents is 1. The van der Waals surface area contributed by atoms with E-state index in [0.29, 0.717) is 5.75 Å². The number of hydrogen-bond donors (Lipinski definition) is 1. The number of hydrogen-bond acceptors (Lipinski definition) is 2. The molecule has 1 rings (SSSR count). The Morgan fingerprint density at radius 2 is 1.21 bits per heavy atom. The Kier molecular flexibility index (Phi) is 8.39. The van der Waals surface area contributed by atoms with Crippen molar-refractivity contribution in [1.29, 1.82) is 0 Å². The van der Waals surface area contributed by atoms with Gasteiger partial charge in [0.2, 0.25) is 5.91 Å². The molecule has 0 aliphatic carbocycles. The second-order valence-electron chi connectivity index (χ2n) is 11.0. The van der Waals surface area contributed by atoms with Crippen molar-refractivity contribution >= 4 is 5.91 Å². The van der Waals surface area contributed by atoms with Gasteiger partial charge >= 0.3 is 0 Å². The zero-order chi connectivity index (χ0) is 22.6. The summed E-state index contributed by atoms with van der Waals surface area (Å²) in [5.74, 6) is 0.552. The zero-order valence-corrected chi connectivity index (χ0v) is 20.7. The molecule has 0 bridgehead atoms. The van der Waals surface area contributed by atoms with Gasteiger partial charge in [-0.05, 0) is 54.2 Å². The van der Waals surface area contributed by atoms with Crippen LogP contribution < -0.4 is 0 Å². The number of carbonyl (C=O) groups excluding carboxylic acids is 1. The van der Waals surface area contributed by atoms with Gasteiger partial charge in [-0.25, -0.2) is 0 Å². The number of aromatic hydroxyl groups is 1. The highest BCUT2D eigenvalue weighted by Crippen LogP contribution is 2.42. The van der Waals surface area contributed by atoms with Crippen molar-refractivity contribution in [2.75, 3.05) is 13.1 Å². The normalized spacial score (nSPS) is 12.9. The molecule has 0 saturated carbocycles. The molecule has 1 aromatic rings. The fraction of sp³-hybridized carbons (Fsp3) is 0.731. The number of carbonyl (C=O) groups is 1. The maximum absolute atomic E-state index is 13.6. The van der Waals surface area contributed by atoms with Crippen LogP contribution in [0.2, 0.25) is 0 Å². The summed E-state index contributed by atoms with van der Waals surface area (Å²) >= 11 is 0. The topological polar surface area (TPSA) is 40.5 Å². The Balaban J connectivity index is 3.53. The van der Waals surface area contributed by atoms with Gasteiger partial charge in [0.25, 0.3) is 0 Å². The summed E-state index contributed by atoms with van der Waals surface area (Å²) in [6.07, 6.45) is 4.22. The standard InChI is InChI=1S/C26H45NO2/c1-11-13-15-27(16-14-12-2)23(29)26(9,10)19-17-20(24(3,4)5)22(28)21(18-19)25(6,7)8/h17-18,28H,11-16H2,1-10H3. The Bertz CT molecular complexity index is 647. The van der Waals surface area contributed by atoms with Crippen molar-refractivity contribution in [2.45, 2.75) is 111 Å². The SMILES string of the molecule is CCCCN(CCCC)C(=O)C(C)(C)c1cc(C(C)(C)C)c(O)c(C(C)(C)C)c1. The molecule has 0 saturated heterocycles. The highest BCUT2D eigenvalue weighted by atomic mass is 16.3. The molecule has 3 nitrogen and oxygen atoms in total. The van der Waals surface area contributed by atoms with E-state index in [1.807, 2.05) is 18.7 Å². The van der Waals surface area contributed by atoms with Gasteiger partial charge in [-0.2, -0.15) is 0 Å². The minimum Gasteiger partial charge on any atom is -0.507 e. The van der Waals surface area contributed by atoms with Gasteiger partial charge in [0, 0.05) is 13.1 Å². The van der Waals surface area contributed by atoms with Gasteiger partial charge in [0.1, 0.15) is 5.75 Å². The minimum atomic E-state index is -0.644. The smallest absolute Gasteiger partial charge is 0.232 e. The molecular weight excluding hydrogens is 358 g/mol. The highest BCUT2D eigenvalue weighted by molar-refractivity contribution is 5.87. The number of benzene rings is 1. The summed E-state index contributed by atoms with van der Waals surface area (Å²) in [7, 11) is 0. The molecule has 0 heterocycles. The largest absolute Gasteiger partial charge is 0.507 e. The van der Waals surface area contributed by atoms with Crippen LogP contribution >= 0.6 is 0 Å². The van der Waals surface area contributed by atoms with Crippen molar-refractivity contribution < 1.29 is 9.90 Å². The van der Waals surface area contributed by atoms with Crippen LogP contribution in [0.15, 0.2) is 12.1 Å². The van der Waals surface area contributed by atoms with E-state index < -0.39 is 5.41 Å². The van der Waals surface area contributed by atoms with Crippen LogP contribution in [-0.2, 0) is 21.0 Å². The Labute approximate surface area is 179 Å². The molecule has 0 aliphatic heterocycles. The maximum Gasteiger partial charge on any atom is 0.232 e. The van der Waals surface area contributed by atoms with Crippen LogP contribution in [0.25, 0.3) is 0 Å². The minimum absolute atomic E-state index is 0.185. The molecule has 1 amide bonds. The lowest BCUT2D eigenvalue weighted by Gasteiger charge is -2.35. The molecule has 0 aliphatic rings. The van der Waals surface area contributed by atoms with E-state index in [1.165, 1.54) is 0 Å². The summed E-state index contributed by atoms with van der Waals surface area (Å²) in [5, 5.41) is 11.0. The highest BCUT2D eigenvalue weighted by Gasteiger charge is 2.36. The van der Waals surface area contributed by atoms with Crippen molar-refractivity contribution in [3.63, 3.8) is 0 Å². The summed E-state index contributed by atoms with van der Waals surface area (Å²) < 4.78 is 0. The number of unbranched alkanes of at least 4 members (excludes halogenated alkanes) is 2. The van der Waals surface area contributed by atoms with Gasteiger partial charge in [-0.15, -0.1) is 0 Å². The van der Waals surface area contributed by atoms with Crippen LogP contribution in [0.3, 0.4) is 0 Å². The van der Waals surface area contributed by atoms with Crippen LogP contribution in [0.1, 0.15) is 112 Å². The molecule has 0 unspecified atom stereocenters. The average Bonchev–Trinajstić information content (AvgIpc) is 2.59. The number of nitrogens with zero attached hydrogens (tertiary/aromatic N) is 1. The molecule has 0 spiro atoms. The number of rotatable bonds is 8. The predicted octanol–water partition coefficient (Wildman–Crippen LogP) is 6.69. The molecule has 0 fully saturated rings. The van der Waals surface area contributed by atoms with E-state index in [9.17, 15) is 9.90 Å². The van der Waals surface area contributed by atoms with E-state index in [4.69, 9.17) is 0 Å². The first-order valence-corrected chi connectivity index (χ1v) is 11.4. The summed E-state index contributed by atoms with van der Waals surface area (Å²) in [6.45, 7) is 22.7. The summed E-state index contributed by atoms with van der Waals surface area (Å²) in [6, 6.07) is 4.11. The lowest BCUT2D eigenvalue weighted by molar-refractivity contribution is -0.136. The quantitative estimate of drug-likeness (QED) is 0.525. The fourth-order valence-electron chi connectivity index (χ4n) is 3.67. The van der Waals surface area contributed by atoms with Crippen LogP contribution in [0.4, 0.5) is 0 Å². The van der Waals surface area contributed by atoms with Gasteiger partial charge < -0.3 is 10.0 Å². The number of amides is 1. The second kappa shape index (κ2) is 9.53. The molecule has 1 aromatic carbocycles. The Morgan fingerprint density at radius 1 is 0.828 bits per heavy atom. The van der Waals surface area contributed by atoms with E-state index in [-0.39, 0.29) is 16.7 Å². The van der Waals surface area contributed by atoms with Crippen LogP contribution in [0, 0.1) is 0 Å². The molecule has 29 heavy (non-hydrogen) atoms. The van der Waals surface area contributed by atoms with Crippen molar-refractivity contribution in [3.8, 4) is 5.75 Å². The third kappa shape index (κ3) is 6.23. The third-order valence-corrected chi connectivity index (χ3v) is 5.83. The first-order valence-electron chi connectivity index (χ1n) is 11.4.